The lowest BCUT2D eigenvalue weighted by Gasteiger charge is -2.62. The van der Waals surface area contributed by atoms with Crippen molar-refractivity contribution in [2.45, 2.75) is 78.6 Å². The molecule has 2 amide bonds. The molecule has 1 aliphatic heterocycles. The van der Waals surface area contributed by atoms with Crippen LogP contribution in [0.5, 0.6) is 5.75 Å². The van der Waals surface area contributed by atoms with Crippen LogP contribution in [0.4, 0.5) is 0 Å². The predicted molar refractivity (Wildman–Crippen MR) is 196 cm³/mol. The van der Waals surface area contributed by atoms with E-state index in [1.807, 2.05) is 67.7 Å². The topological polar surface area (TPSA) is 91.3 Å². The zero-order chi connectivity index (χ0) is 35.7. The Kier molecular flexibility index (Phi) is 10.7. The van der Waals surface area contributed by atoms with Crippen LogP contribution >= 0.6 is 0 Å². The molecule has 8 nitrogen and oxygen atoms in total. The third kappa shape index (κ3) is 6.95. The number of benzene rings is 3. The maximum atomic E-state index is 14.2. The van der Waals surface area contributed by atoms with Crippen LogP contribution in [0.25, 0.3) is 11.1 Å². The lowest BCUT2D eigenvalue weighted by Crippen LogP contribution is -2.62. The van der Waals surface area contributed by atoms with Crippen molar-refractivity contribution in [3.8, 4) is 16.9 Å². The number of carbonyl (C=O) groups excluding carboxylic acids is 2. The zero-order valence-electron chi connectivity index (χ0n) is 30.8. The van der Waals surface area contributed by atoms with Gasteiger partial charge in [0.25, 0.3) is 5.91 Å². The number of aliphatic hydroxyl groups excluding tert-OH is 1. The molecule has 3 saturated carbocycles. The summed E-state index contributed by atoms with van der Waals surface area (Å²) in [5, 5.41) is 15.6. The highest BCUT2D eigenvalue weighted by Gasteiger charge is 2.57. The second kappa shape index (κ2) is 14.9. The number of likely N-dealkylation sites (N-methyl/N-ethyl adjacent to an activating group) is 1. The fourth-order valence-electron chi connectivity index (χ4n) is 9.11. The van der Waals surface area contributed by atoms with Gasteiger partial charge >= 0.3 is 0 Å². The Morgan fingerprint density at radius 1 is 1.04 bits per heavy atom. The van der Waals surface area contributed by atoms with E-state index in [0.29, 0.717) is 47.6 Å². The van der Waals surface area contributed by atoms with E-state index in [2.05, 4.69) is 52.1 Å². The first kappa shape index (κ1) is 36.1. The maximum Gasteiger partial charge on any atom is 0.253 e. The number of fused-ring (bicyclic) bond motifs is 2. The molecule has 50 heavy (non-hydrogen) atoms. The molecule has 7 atom stereocenters. The summed E-state index contributed by atoms with van der Waals surface area (Å²) in [6, 6.07) is 23.4. The lowest BCUT2D eigenvalue weighted by atomic mass is 9.45. The number of aliphatic hydroxyl groups is 1. The number of nitrogens with zero attached hydrogens (tertiary/aromatic N) is 2. The second-order valence-corrected chi connectivity index (χ2v) is 15.8. The van der Waals surface area contributed by atoms with Crippen LogP contribution < -0.4 is 10.1 Å². The van der Waals surface area contributed by atoms with Gasteiger partial charge in [0.2, 0.25) is 5.91 Å². The summed E-state index contributed by atoms with van der Waals surface area (Å²) >= 11 is 0. The molecular formula is C42H55N3O5. The highest BCUT2D eigenvalue weighted by molar-refractivity contribution is 5.94. The number of carbonyl (C=O) groups is 2. The Morgan fingerprint density at radius 3 is 2.38 bits per heavy atom. The highest BCUT2D eigenvalue weighted by Crippen LogP contribution is 2.61. The van der Waals surface area contributed by atoms with Crippen molar-refractivity contribution in [2.75, 3.05) is 27.3 Å². The Morgan fingerprint density at radius 2 is 1.76 bits per heavy atom. The van der Waals surface area contributed by atoms with Crippen molar-refractivity contribution in [2.24, 2.45) is 35.0 Å². The summed E-state index contributed by atoms with van der Waals surface area (Å²) in [6.07, 6.45) is 2.57. The standard InChI is InChI=1S/C42H55N3O5/c1-26(2)37-36(25-46)50-45(38(37)40(47)43-35-23-32-22-34(27(35)3)42(32,4)5)24-31-14-11-15-33(39(31)49-7)29-16-18-30(19-17-29)41(48)44(6)21-20-28-12-9-8-10-13-28/h8-19,26-27,32,34-38,46H,20-25H2,1-7H3,(H,43,47)/t27-,32+,34-,35-,36-,37+,38-/m0/s1. The summed E-state index contributed by atoms with van der Waals surface area (Å²) in [4.78, 5) is 35.6. The van der Waals surface area contributed by atoms with Gasteiger partial charge in [0.05, 0.1) is 20.3 Å². The molecule has 0 radical (unpaired) electrons. The van der Waals surface area contributed by atoms with Gasteiger partial charge in [-0.2, -0.15) is 5.06 Å². The van der Waals surface area contributed by atoms with E-state index in [1.54, 1.807) is 17.1 Å². The number of nitrogens with one attached hydrogen (secondary N) is 1. The van der Waals surface area contributed by atoms with E-state index < -0.39 is 12.1 Å². The number of hydrogen-bond acceptors (Lipinski definition) is 6. The summed E-state index contributed by atoms with van der Waals surface area (Å²) in [7, 11) is 3.49. The molecule has 7 rings (SSSR count). The average molecular weight is 682 g/mol. The Labute approximate surface area is 298 Å². The third-order valence-electron chi connectivity index (χ3n) is 12.3. The molecular weight excluding hydrogens is 626 g/mol. The Bertz CT molecular complexity index is 1640. The number of hydrogen-bond donors (Lipinski definition) is 2. The molecule has 1 saturated heterocycles. The van der Waals surface area contributed by atoms with E-state index in [4.69, 9.17) is 9.57 Å². The molecule has 3 aromatic rings. The molecule has 2 bridgehead atoms. The Hall–Kier alpha value is -3.72. The van der Waals surface area contributed by atoms with Gasteiger partial charge in [0.15, 0.2) is 0 Å². The van der Waals surface area contributed by atoms with Gasteiger partial charge in [-0.3, -0.25) is 14.4 Å². The van der Waals surface area contributed by atoms with E-state index in [1.165, 1.54) is 12.0 Å². The number of ether oxygens (including phenoxy) is 1. The van der Waals surface area contributed by atoms with Gasteiger partial charge in [-0.1, -0.05) is 95.3 Å². The average Bonchev–Trinajstić information content (AvgIpc) is 3.50. The number of para-hydroxylation sites is 1. The number of hydroxylamine groups is 2. The molecule has 3 aromatic carbocycles. The van der Waals surface area contributed by atoms with E-state index in [-0.39, 0.29) is 36.3 Å². The van der Waals surface area contributed by atoms with Crippen LogP contribution in [0.1, 0.15) is 68.9 Å². The monoisotopic (exact) mass is 681 g/mol. The number of methoxy groups -OCH3 is 1. The van der Waals surface area contributed by atoms with Crippen molar-refractivity contribution in [1.29, 1.82) is 0 Å². The molecule has 268 valence electrons. The first-order valence-electron chi connectivity index (χ1n) is 18.3. The third-order valence-corrected chi connectivity index (χ3v) is 12.3. The SMILES string of the molecule is COc1c(CN2O[C@@H](CO)[C@@H](C(C)C)[C@H]2C(=O)N[C@H]2C[C@H]3C[C@@H]([C@@H]2C)C3(C)C)cccc1-c1ccc(C(=O)N(C)CCc2ccccc2)cc1. The van der Waals surface area contributed by atoms with Crippen LogP contribution in [-0.4, -0.2) is 72.4 Å². The molecule has 4 aliphatic rings. The van der Waals surface area contributed by atoms with Gasteiger partial charge in [-0.15, -0.1) is 0 Å². The largest absolute Gasteiger partial charge is 0.496 e. The smallest absolute Gasteiger partial charge is 0.253 e. The molecule has 0 spiro atoms. The molecule has 4 fully saturated rings. The highest BCUT2D eigenvalue weighted by atomic mass is 16.7. The lowest BCUT2D eigenvalue weighted by molar-refractivity contribution is -0.183. The van der Waals surface area contributed by atoms with E-state index >= 15 is 0 Å². The fourth-order valence-corrected chi connectivity index (χ4v) is 9.11. The maximum absolute atomic E-state index is 14.2. The van der Waals surface area contributed by atoms with Crippen molar-refractivity contribution >= 4 is 11.8 Å². The first-order valence-corrected chi connectivity index (χ1v) is 18.3. The minimum atomic E-state index is -0.553. The van der Waals surface area contributed by atoms with Crippen molar-refractivity contribution in [3.05, 3.63) is 89.5 Å². The van der Waals surface area contributed by atoms with Gasteiger partial charge in [-0.25, -0.2) is 0 Å². The van der Waals surface area contributed by atoms with Crippen LogP contribution in [0.15, 0.2) is 72.8 Å². The normalized spacial score (nSPS) is 27.1. The fraction of sp³-hybridized carbons (Fsp3) is 0.524. The van der Waals surface area contributed by atoms with Crippen LogP contribution in [-0.2, 0) is 22.6 Å². The van der Waals surface area contributed by atoms with Gasteiger partial charge in [0.1, 0.15) is 17.9 Å². The number of rotatable bonds is 12. The van der Waals surface area contributed by atoms with Crippen molar-refractivity contribution in [1.82, 2.24) is 15.3 Å². The van der Waals surface area contributed by atoms with Crippen LogP contribution in [0.2, 0.25) is 0 Å². The predicted octanol–water partition coefficient (Wildman–Crippen LogP) is 6.61. The summed E-state index contributed by atoms with van der Waals surface area (Å²) in [6.45, 7) is 12.0. The molecule has 8 heteroatoms. The van der Waals surface area contributed by atoms with Gasteiger partial charge in [0, 0.05) is 42.2 Å². The molecule has 1 heterocycles. The molecule has 0 unspecified atom stereocenters. The van der Waals surface area contributed by atoms with Crippen LogP contribution in [0, 0.1) is 35.0 Å². The Balaban J connectivity index is 1.19. The number of amides is 2. The minimum absolute atomic E-state index is 0.0230. The van der Waals surface area contributed by atoms with Crippen molar-refractivity contribution < 1.29 is 24.3 Å². The van der Waals surface area contributed by atoms with Crippen LogP contribution in [0.3, 0.4) is 0 Å². The summed E-state index contributed by atoms with van der Waals surface area (Å²) in [5.41, 5.74) is 4.84. The first-order chi connectivity index (χ1) is 23.9. The van der Waals surface area contributed by atoms with Gasteiger partial charge < -0.3 is 20.1 Å². The zero-order valence-corrected chi connectivity index (χ0v) is 30.8. The van der Waals surface area contributed by atoms with E-state index in [9.17, 15) is 14.7 Å². The molecule has 2 N–H and O–H groups in total. The second-order valence-electron chi connectivity index (χ2n) is 15.8. The molecule has 0 aromatic heterocycles. The quantitative estimate of drug-likeness (QED) is 0.224. The van der Waals surface area contributed by atoms with Crippen molar-refractivity contribution in [3.63, 3.8) is 0 Å². The van der Waals surface area contributed by atoms with Gasteiger partial charge in [-0.05, 0) is 71.6 Å². The summed E-state index contributed by atoms with van der Waals surface area (Å²) < 4.78 is 6.02. The van der Waals surface area contributed by atoms with E-state index in [0.717, 1.165) is 29.5 Å². The molecule has 3 aliphatic carbocycles. The summed E-state index contributed by atoms with van der Waals surface area (Å²) in [5.74, 6) is 2.25. The minimum Gasteiger partial charge on any atom is -0.496 e.